The average Bonchev–Trinajstić information content (AvgIpc) is 3.08. The number of hydrogen-bond acceptors (Lipinski definition) is 5. The van der Waals surface area contributed by atoms with Gasteiger partial charge in [-0.3, -0.25) is 0 Å². The van der Waals surface area contributed by atoms with Crippen molar-refractivity contribution in [2.24, 2.45) is 0 Å². The molecule has 0 atom stereocenters. The van der Waals surface area contributed by atoms with E-state index in [0.717, 1.165) is 73.4 Å². The molecule has 6 heteroatoms. The number of aliphatic hydroxyl groups is 3. The first-order valence-electron chi connectivity index (χ1n) is 19.4. The number of quaternary nitrogens is 1. The number of carbonyl (C=O) groups excluding carboxylic acids is 1. The van der Waals surface area contributed by atoms with Crippen LogP contribution in [0.1, 0.15) is 159 Å². The third-order valence-corrected chi connectivity index (χ3v) is 9.62. The molecule has 6 nitrogen and oxygen atoms in total. The van der Waals surface area contributed by atoms with E-state index in [4.69, 9.17) is 0 Å². The first kappa shape index (κ1) is 43.0. The van der Waals surface area contributed by atoms with Gasteiger partial charge < -0.3 is 29.7 Å². The van der Waals surface area contributed by atoms with E-state index >= 15 is 0 Å². The summed E-state index contributed by atoms with van der Waals surface area (Å²) in [6, 6.07) is 12.5. The van der Waals surface area contributed by atoms with Crippen LogP contribution in [0.4, 0.5) is 0 Å². The maximum Gasteiger partial charge on any atom is 0.0787 e. The number of fused-ring (bicyclic) bond motifs is 1. The minimum absolute atomic E-state index is 0.248. The number of aromatic carboxylic acids is 1. The molecule has 47 heavy (non-hydrogen) atoms. The summed E-state index contributed by atoms with van der Waals surface area (Å²) >= 11 is 0. The average molecular weight is 658 g/mol. The Morgan fingerprint density at radius 1 is 0.511 bits per heavy atom. The Bertz CT molecular complexity index is 965. The second-order valence-corrected chi connectivity index (χ2v) is 13.6. The predicted octanol–water partition coefficient (Wildman–Crippen LogP) is 8.59. The molecule has 0 aliphatic heterocycles. The van der Waals surface area contributed by atoms with Crippen molar-refractivity contribution in [3.8, 4) is 0 Å². The summed E-state index contributed by atoms with van der Waals surface area (Å²) in [4.78, 5) is 10.7. The van der Waals surface area contributed by atoms with Gasteiger partial charge in [0.15, 0.2) is 0 Å². The Morgan fingerprint density at radius 3 is 1.28 bits per heavy atom. The van der Waals surface area contributed by atoms with Crippen LogP contribution in [0.15, 0.2) is 42.5 Å². The Morgan fingerprint density at radius 2 is 0.872 bits per heavy atom. The fourth-order valence-electron chi connectivity index (χ4n) is 6.75. The molecule has 3 N–H and O–H groups in total. The molecule has 0 unspecified atom stereocenters. The van der Waals surface area contributed by atoms with Crippen LogP contribution in [0.3, 0.4) is 0 Å². The molecule has 2 rings (SSSR count). The molecule has 2 aromatic carbocycles. The summed E-state index contributed by atoms with van der Waals surface area (Å²) in [5.74, 6) is -1.13. The normalized spacial score (nSPS) is 11.5. The highest BCUT2D eigenvalue weighted by molar-refractivity contribution is 6.02. The van der Waals surface area contributed by atoms with Crippen LogP contribution < -0.4 is 5.11 Å². The van der Waals surface area contributed by atoms with Gasteiger partial charge in [0.1, 0.15) is 0 Å². The van der Waals surface area contributed by atoms with Crippen molar-refractivity contribution < 1.29 is 29.7 Å². The lowest BCUT2D eigenvalue weighted by molar-refractivity contribution is -0.929. The molecule has 0 saturated carbocycles. The van der Waals surface area contributed by atoms with Crippen molar-refractivity contribution in [3.63, 3.8) is 0 Å². The molecule has 0 aromatic heterocycles. The van der Waals surface area contributed by atoms with Crippen LogP contribution in [0, 0.1) is 0 Å². The van der Waals surface area contributed by atoms with Crippen LogP contribution in [0.2, 0.25) is 0 Å². The molecule has 0 heterocycles. The Kier molecular flexibility index (Phi) is 27.6. The van der Waals surface area contributed by atoms with Gasteiger partial charge in [-0.1, -0.05) is 139 Å². The third kappa shape index (κ3) is 21.6. The summed E-state index contributed by atoms with van der Waals surface area (Å²) in [5.41, 5.74) is 0.248. The largest absolute Gasteiger partial charge is 0.545 e. The molecule has 2 aromatic rings. The second-order valence-electron chi connectivity index (χ2n) is 13.6. The number of rotatable bonds is 30. The van der Waals surface area contributed by atoms with Crippen LogP contribution in [-0.4, -0.2) is 71.8 Å². The Hall–Kier alpha value is -1.99. The van der Waals surface area contributed by atoms with Crippen LogP contribution in [-0.2, 0) is 0 Å². The molecule has 0 spiro atoms. The van der Waals surface area contributed by atoms with Gasteiger partial charge in [-0.05, 0) is 62.1 Å². The molecule has 270 valence electrons. The monoisotopic (exact) mass is 658 g/mol. The zero-order valence-electron chi connectivity index (χ0n) is 30.2. The summed E-state index contributed by atoms with van der Waals surface area (Å²) in [5, 5.41) is 40.1. The lowest BCUT2D eigenvalue weighted by atomic mass is 10.0. The van der Waals surface area contributed by atoms with E-state index in [1.165, 1.54) is 109 Å². The molecule has 0 aliphatic carbocycles. The van der Waals surface area contributed by atoms with Crippen molar-refractivity contribution in [1.82, 2.24) is 0 Å². The van der Waals surface area contributed by atoms with Gasteiger partial charge in [0.25, 0.3) is 0 Å². The highest BCUT2D eigenvalue weighted by atomic mass is 16.4. The van der Waals surface area contributed by atoms with Crippen molar-refractivity contribution in [2.75, 3.05) is 46.0 Å². The van der Waals surface area contributed by atoms with E-state index in [2.05, 4.69) is 6.92 Å². The number of nitrogens with zero attached hydrogens (tertiary/aromatic N) is 1. The van der Waals surface area contributed by atoms with Crippen LogP contribution in [0.5, 0.6) is 0 Å². The molecule has 0 radical (unpaired) electrons. The van der Waals surface area contributed by atoms with E-state index < -0.39 is 5.97 Å². The van der Waals surface area contributed by atoms with Gasteiger partial charge >= 0.3 is 0 Å². The van der Waals surface area contributed by atoms with E-state index in [0.29, 0.717) is 0 Å². The van der Waals surface area contributed by atoms with Crippen molar-refractivity contribution in [2.45, 2.75) is 148 Å². The molecule has 0 aliphatic rings. The van der Waals surface area contributed by atoms with Crippen LogP contribution >= 0.6 is 0 Å². The van der Waals surface area contributed by atoms with E-state index in [1.807, 2.05) is 24.3 Å². The van der Waals surface area contributed by atoms with Crippen molar-refractivity contribution in [3.05, 3.63) is 48.0 Å². The second kappa shape index (κ2) is 30.1. The fourth-order valence-corrected chi connectivity index (χ4v) is 6.75. The molecule has 0 bridgehead atoms. The lowest BCUT2D eigenvalue weighted by Gasteiger charge is -2.39. The predicted molar refractivity (Wildman–Crippen MR) is 197 cm³/mol. The molecule has 0 saturated heterocycles. The summed E-state index contributed by atoms with van der Waals surface area (Å²) in [6.45, 7) is 7.77. The van der Waals surface area contributed by atoms with Gasteiger partial charge in [-0.2, -0.15) is 0 Å². The fraction of sp³-hybridized carbons (Fsp3) is 0.732. The molecule has 0 amide bonds. The highest BCUT2D eigenvalue weighted by Gasteiger charge is 2.25. The number of unbranched alkanes of at least 4 members (excludes halogenated alkanes) is 18. The number of aliphatic hydroxyl groups excluding tert-OH is 3. The minimum Gasteiger partial charge on any atom is -0.545 e. The van der Waals surface area contributed by atoms with Gasteiger partial charge in [0.2, 0.25) is 0 Å². The van der Waals surface area contributed by atoms with Crippen LogP contribution in [0.25, 0.3) is 10.8 Å². The lowest BCUT2D eigenvalue weighted by Crippen LogP contribution is -2.51. The number of carboxylic acids is 1. The molecular weight excluding hydrogens is 586 g/mol. The summed E-state index contributed by atoms with van der Waals surface area (Å²) in [6.07, 6.45) is 28.4. The Balaban J connectivity index is 0.000000693. The van der Waals surface area contributed by atoms with E-state index in [-0.39, 0.29) is 25.4 Å². The quantitative estimate of drug-likeness (QED) is 0.0577. The minimum atomic E-state index is -1.13. The molecular formula is C41H71NO5. The smallest absolute Gasteiger partial charge is 0.0787 e. The van der Waals surface area contributed by atoms with Crippen molar-refractivity contribution in [1.29, 1.82) is 0 Å². The number of benzene rings is 2. The van der Waals surface area contributed by atoms with E-state index in [1.54, 1.807) is 18.2 Å². The first-order chi connectivity index (χ1) is 23.0. The SMILES string of the molecule is CCCCCCCCCCCCCCCCCC[N+](CCCCO)(CCCCO)CCCCO.O=C([O-])c1cccc2ccccc12. The zero-order chi connectivity index (χ0) is 34.3. The maximum absolute atomic E-state index is 10.7. The summed E-state index contributed by atoms with van der Waals surface area (Å²) in [7, 11) is 0. The van der Waals surface area contributed by atoms with E-state index in [9.17, 15) is 25.2 Å². The van der Waals surface area contributed by atoms with Gasteiger partial charge in [0, 0.05) is 25.4 Å². The van der Waals surface area contributed by atoms with Gasteiger partial charge in [0.05, 0.1) is 32.1 Å². The Labute approximate surface area is 288 Å². The molecule has 0 fully saturated rings. The third-order valence-electron chi connectivity index (χ3n) is 9.62. The number of carboxylic acid groups (broad SMARTS) is 1. The topological polar surface area (TPSA) is 101 Å². The van der Waals surface area contributed by atoms with Gasteiger partial charge in [-0.25, -0.2) is 0 Å². The standard InChI is InChI=1S/C30H64NO3.C11H8O2/c1-2-3-4-5-6-7-8-9-10-11-12-13-14-15-16-17-24-31(25-18-21-28-32,26-19-22-29-33)27-20-23-30-34;12-11(13)10-7-3-5-8-4-1-2-6-9(8)10/h32-34H,2-30H2,1H3;1-7H,(H,12,13)/q+1;/p-1. The first-order valence-corrected chi connectivity index (χ1v) is 19.4. The van der Waals surface area contributed by atoms with Crippen molar-refractivity contribution >= 4 is 16.7 Å². The van der Waals surface area contributed by atoms with Gasteiger partial charge in [-0.15, -0.1) is 0 Å². The maximum atomic E-state index is 10.7. The highest BCUT2D eigenvalue weighted by Crippen LogP contribution is 2.19. The number of carbonyl (C=O) groups is 1. The zero-order valence-corrected chi connectivity index (χ0v) is 30.2. The number of hydrogen-bond donors (Lipinski definition) is 3. The summed E-state index contributed by atoms with van der Waals surface area (Å²) < 4.78 is 1.12.